The van der Waals surface area contributed by atoms with Crippen LogP contribution in [0.15, 0.2) is 92.4 Å². The molecule has 40 heavy (non-hydrogen) atoms. The Balaban J connectivity index is 1.35. The monoisotopic (exact) mass is 600 g/mol. The van der Waals surface area contributed by atoms with Gasteiger partial charge in [-0.1, -0.05) is 46.3 Å². The molecule has 2 aromatic carbocycles. The van der Waals surface area contributed by atoms with Crippen molar-refractivity contribution in [2.45, 2.75) is 13.2 Å². The van der Waals surface area contributed by atoms with E-state index in [1.807, 2.05) is 54.6 Å². The molecule has 10 nitrogen and oxygen atoms in total. The number of aromatic nitrogens is 3. The second-order valence-electron chi connectivity index (χ2n) is 9.46. The zero-order valence-electron chi connectivity index (χ0n) is 21.4. The third-order valence-corrected chi connectivity index (χ3v) is 7.40. The van der Waals surface area contributed by atoms with E-state index >= 15 is 0 Å². The average molecular weight is 601 g/mol. The van der Waals surface area contributed by atoms with E-state index < -0.39 is 5.91 Å². The first kappa shape index (κ1) is 26.1. The van der Waals surface area contributed by atoms with Gasteiger partial charge in [0.05, 0.1) is 25.4 Å². The molecule has 11 heteroatoms. The second kappa shape index (κ2) is 11.1. The highest BCUT2D eigenvalue weighted by atomic mass is 79.9. The predicted molar refractivity (Wildman–Crippen MR) is 155 cm³/mol. The van der Waals surface area contributed by atoms with Gasteiger partial charge in [-0.25, -0.2) is 4.98 Å². The molecule has 6 rings (SSSR count). The van der Waals surface area contributed by atoms with Gasteiger partial charge in [0.25, 0.3) is 11.5 Å². The molecule has 5 aromatic rings. The Kier molecular flexibility index (Phi) is 7.25. The predicted octanol–water partition coefficient (Wildman–Crippen LogP) is 5.09. The normalized spacial score (nSPS) is 14.4. The van der Waals surface area contributed by atoms with Crippen LogP contribution in [-0.2, 0) is 22.7 Å². The number of amides is 1. The molecule has 0 atom stereocenters. The number of halogens is 1. The molecular formula is C29H25BrN6O4. The third kappa shape index (κ3) is 5.06. The van der Waals surface area contributed by atoms with Gasteiger partial charge in [0, 0.05) is 40.1 Å². The van der Waals surface area contributed by atoms with Crippen LogP contribution in [0.3, 0.4) is 0 Å². The van der Waals surface area contributed by atoms with Crippen LogP contribution >= 0.6 is 15.9 Å². The number of morpholine rings is 1. The number of benzene rings is 2. The Bertz CT molecular complexity index is 1810. The van der Waals surface area contributed by atoms with Crippen molar-refractivity contribution in [3.8, 4) is 17.0 Å². The van der Waals surface area contributed by atoms with Crippen LogP contribution in [0.1, 0.15) is 0 Å². The van der Waals surface area contributed by atoms with Crippen molar-refractivity contribution in [2.24, 2.45) is 10.2 Å². The Hall–Kier alpha value is -4.19. The lowest BCUT2D eigenvalue weighted by atomic mass is 10.1. The van der Waals surface area contributed by atoms with E-state index in [1.165, 1.54) is 4.57 Å². The maximum atomic E-state index is 13.5. The van der Waals surface area contributed by atoms with Gasteiger partial charge in [-0.3, -0.25) is 23.6 Å². The summed E-state index contributed by atoms with van der Waals surface area (Å²) in [7, 11) is 0. The topological polar surface area (TPSA) is 114 Å². The molecule has 0 radical (unpaired) electrons. The van der Waals surface area contributed by atoms with Crippen LogP contribution in [0.4, 0.5) is 5.69 Å². The number of hydrogen-bond donors (Lipinski definition) is 1. The maximum Gasteiger partial charge on any atom is 0.284 e. The fourth-order valence-corrected chi connectivity index (χ4v) is 5.29. The first-order chi connectivity index (χ1) is 19.5. The number of aromatic hydroxyl groups is 1. The molecule has 3 aromatic heterocycles. The van der Waals surface area contributed by atoms with E-state index in [0.29, 0.717) is 36.5 Å². The number of rotatable bonds is 6. The number of pyridine rings is 2. The summed E-state index contributed by atoms with van der Waals surface area (Å²) in [5, 5.41) is 20.6. The highest BCUT2D eigenvalue weighted by Crippen LogP contribution is 2.40. The summed E-state index contributed by atoms with van der Waals surface area (Å²) in [5.74, 6) is -0.741. The van der Waals surface area contributed by atoms with Gasteiger partial charge in [0.15, 0.2) is 5.69 Å². The third-order valence-electron chi connectivity index (χ3n) is 6.90. The van der Waals surface area contributed by atoms with Gasteiger partial charge in [-0.05, 0) is 42.0 Å². The van der Waals surface area contributed by atoms with E-state index in [-0.39, 0.29) is 23.7 Å². The van der Waals surface area contributed by atoms with Crippen molar-refractivity contribution >= 4 is 49.5 Å². The van der Waals surface area contributed by atoms with E-state index in [4.69, 9.17) is 4.74 Å². The Labute approximate surface area is 237 Å². The Morgan fingerprint density at radius 2 is 1.82 bits per heavy atom. The second-order valence-corrected chi connectivity index (χ2v) is 10.4. The standard InChI is InChI=1S/C29H25BrN6O4/c30-21-8-9-24-23(16-21)26(29(39)36(24)18-34-11-13-40-14-12-34)33-32-25(37)17-35-27-20(7-4-10-31-27)15-22(28(35)38)19-5-2-1-3-6-19/h1-10,15-16,39H,11-14,17-18H2. The number of ether oxygens (including phenoxy) is 1. The number of fused-ring (bicyclic) bond motifs is 2. The summed E-state index contributed by atoms with van der Waals surface area (Å²) < 4.78 is 9.30. The molecule has 1 saturated heterocycles. The number of azo groups is 1. The molecule has 1 aliphatic heterocycles. The molecule has 1 aliphatic rings. The molecule has 0 saturated carbocycles. The zero-order valence-corrected chi connectivity index (χ0v) is 23.0. The fraction of sp³-hybridized carbons (Fsp3) is 0.207. The van der Waals surface area contributed by atoms with Crippen molar-refractivity contribution in [2.75, 3.05) is 26.3 Å². The van der Waals surface area contributed by atoms with Crippen molar-refractivity contribution in [1.82, 2.24) is 19.0 Å². The molecule has 4 heterocycles. The lowest BCUT2D eigenvalue weighted by molar-refractivity contribution is -0.118. The summed E-state index contributed by atoms with van der Waals surface area (Å²) >= 11 is 3.48. The Morgan fingerprint density at radius 1 is 1.02 bits per heavy atom. The largest absolute Gasteiger partial charge is 0.493 e. The fourth-order valence-electron chi connectivity index (χ4n) is 4.93. The molecule has 0 spiro atoms. The maximum absolute atomic E-state index is 13.5. The molecule has 1 fully saturated rings. The quantitative estimate of drug-likeness (QED) is 0.272. The van der Waals surface area contributed by atoms with Gasteiger partial charge >= 0.3 is 0 Å². The lowest BCUT2D eigenvalue weighted by Gasteiger charge is -2.27. The first-order valence-electron chi connectivity index (χ1n) is 12.8. The minimum absolute atomic E-state index is 0.0912. The SMILES string of the molecule is O=C(Cn1c(=O)c(-c2ccccc2)cc2cccnc21)N=Nc1c(O)n(CN2CCOCC2)c2ccc(Br)cc12. The molecule has 0 aliphatic carbocycles. The van der Waals surface area contributed by atoms with E-state index in [1.54, 1.807) is 22.9 Å². The summed E-state index contributed by atoms with van der Waals surface area (Å²) in [5.41, 5.74) is 2.17. The minimum atomic E-state index is -0.650. The molecule has 0 bridgehead atoms. The average Bonchev–Trinajstić information content (AvgIpc) is 3.23. The molecule has 0 unspecified atom stereocenters. The van der Waals surface area contributed by atoms with Gasteiger partial charge in [0.1, 0.15) is 12.2 Å². The van der Waals surface area contributed by atoms with Crippen LogP contribution in [0, 0.1) is 0 Å². The van der Waals surface area contributed by atoms with Crippen LogP contribution in [0.5, 0.6) is 5.88 Å². The summed E-state index contributed by atoms with van der Waals surface area (Å²) in [4.78, 5) is 33.1. The summed E-state index contributed by atoms with van der Waals surface area (Å²) in [6.45, 7) is 2.82. The number of carbonyl (C=O) groups is 1. The molecular weight excluding hydrogens is 576 g/mol. The van der Waals surface area contributed by atoms with Gasteiger partial charge in [-0.2, -0.15) is 0 Å². The molecule has 1 amide bonds. The van der Waals surface area contributed by atoms with Crippen LogP contribution in [0.25, 0.3) is 33.1 Å². The number of nitrogens with zero attached hydrogens (tertiary/aromatic N) is 6. The molecule has 202 valence electrons. The van der Waals surface area contributed by atoms with Crippen molar-refractivity contribution < 1.29 is 14.6 Å². The smallest absolute Gasteiger partial charge is 0.284 e. The van der Waals surface area contributed by atoms with Gasteiger partial charge < -0.3 is 9.84 Å². The van der Waals surface area contributed by atoms with Crippen molar-refractivity contribution in [1.29, 1.82) is 0 Å². The van der Waals surface area contributed by atoms with Gasteiger partial charge in [-0.15, -0.1) is 10.2 Å². The highest BCUT2D eigenvalue weighted by Gasteiger charge is 2.21. The van der Waals surface area contributed by atoms with E-state index in [9.17, 15) is 14.7 Å². The van der Waals surface area contributed by atoms with Crippen LogP contribution in [0.2, 0.25) is 0 Å². The first-order valence-corrected chi connectivity index (χ1v) is 13.6. The van der Waals surface area contributed by atoms with Crippen molar-refractivity contribution in [3.05, 3.63) is 87.8 Å². The van der Waals surface area contributed by atoms with Crippen molar-refractivity contribution in [3.63, 3.8) is 0 Å². The Morgan fingerprint density at radius 3 is 2.62 bits per heavy atom. The van der Waals surface area contributed by atoms with Crippen LogP contribution in [-0.4, -0.2) is 56.3 Å². The van der Waals surface area contributed by atoms with E-state index in [0.717, 1.165) is 34.0 Å². The summed E-state index contributed by atoms with van der Waals surface area (Å²) in [6.07, 6.45) is 1.58. The number of hydrogen-bond acceptors (Lipinski definition) is 7. The lowest BCUT2D eigenvalue weighted by Crippen LogP contribution is -2.37. The van der Waals surface area contributed by atoms with E-state index in [2.05, 4.69) is 36.0 Å². The zero-order chi connectivity index (χ0) is 27.6. The summed E-state index contributed by atoms with van der Waals surface area (Å²) in [6, 6.07) is 20.3. The molecule has 1 N–H and O–H groups in total. The minimum Gasteiger partial charge on any atom is -0.493 e. The number of carbonyl (C=O) groups excluding carboxylic acids is 1. The van der Waals surface area contributed by atoms with Crippen LogP contribution < -0.4 is 5.56 Å². The van der Waals surface area contributed by atoms with Gasteiger partial charge in [0.2, 0.25) is 5.88 Å². The highest BCUT2D eigenvalue weighted by molar-refractivity contribution is 9.10.